The van der Waals surface area contributed by atoms with Gasteiger partial charge < -0.3 is 10.1 Å². The molecule has 0 saturated carbocycles. The lowest BCUT2D eigenvalue weighted by Crippen LogP contribution is -2.49. The van der Waals surface area contributed by atoms with Crippen LogP contribution in [0, 0.1) is 17.0 Å². The fourth-order valence-corrected chi connectivity index (χ4v) is 3.15. The van der Waals surface area contributed by atoms with E-state index in [0.717, 1.165) is 24.1 Å². The van der Waals surface area contributed by atoms with Crippen molar-refractivity contribution in [1.82, 2.24) is 5.32 Å². The van der Waals surface area contributed by atoms with Crippen molar-refractivity contribution in [3.63, 3.8) is 0 Å². The van der Waals surface area contributed by atoms with Crippen LogP contribution in [0.5, 0.6) is 0 Å². The van der Waals surface area contributed by atoms with Gasteiger partial charge in [-0.15, -0.1) is 0 Å². The van der Waals surface area contributed by atoms with Crippen LogP contribution in [0.4, 0.5) is 8.78 Å². The second kappa shape index (κ2) is 8.09. The molecule has 3 rings (SSSR count). The van der Waals surface area contributed by atoms with Gasteiger partial charge in [-0.1, -0.05) is 57.2 Å². The van der Waals surface area contributed by atoms with Crippen LogP contribution in [0.3, 0.4) is 0 Å². The van der Waals surface area contributed by atoms with Gasteiger partial charge in [0.2, 0.25) is 5.90 Å². The fraction of sp³-hybridized carbons (Fsp3) is 0.364. The molecule has 0 spiro atoms. The second-order valence-electron chi connectivity index (χ2n) is 7.99. The van der Waals surface area contributed by atoms with Crippen LogP contribution in [-0.4, -0.2) is 30.5 Å². The van der Waals surface area contributed by atoms with E-state index in [9.17, 15) is 13.6 Å². The monoisotopic (exact) mass is 386 g/mol. The SMILES string of the molecule is CC(C)(C)[C@H](NC(=O)c1c(F)cccc1F)C1=NC(Cc2ccccc2)CO1. The number of rotatable bonds is 5. The number of carbonyl (C=O) groups excluding carboxylic acids is 1. The molecular formula is C22H24F2N2O2. The minimum atomic E-state index is -0.901. The maximum atomic E-state index is 14.0. The fourth-order valence-electron chi connectivity index (χ4n) is 3.15. The minimum Gasteiger partial charge on any atom is -0.477 e. The Labute approximate surface area is 163 Å². The predicted octanol–water partition coefficient (Wildman–Crippen LogP) is 4.15. The number of hydrogen-bond acceptors (Lipinski definition) is 3. The highest BCUT2D eigenvalue weighted by Crippen LogP contribution is 2.25. The highest BCUT2D eigenvalue weighted by Gasteiger charge is 2.36. The number of carbonyl (C=O) groups is 1. The highest BCUT2D eigenvalue weighted by atomic mass is 19.1. The van der Waals surface area contributed by atoms with Crippen molar-refractivity contribution in [3.05, 3.63) is 71.3 Å². The highest BCUT2D eigenvalue weighted by molar-refractivity contribution is 5.98. The molecule has 1 aliphatic rings. The molecule has 148 valence electrons. The molecule has 2 atom stereocenters. The summed E-state index contributed by atoms with van der Waals surface area (Å²) < 4.78 is 33.7. The second-order valence-corrected chi connectivity index (χ2v) is 7.99. The van der Waals surface area contributed by atoms with Crippen LogP contribution in [0.15, 0.2) is 53.5 Å². The Morgan fingerprint density at radius 2 is 1.79 bits per heavy atom. The molecule has 6 heteroatoms. The Morgan fingerprint density at radius 3 is 2.39 bits per heavy atom. The molecule has 1 amide bonds. The summed E-state index contributed by atoms with van der Waals surface area (Å²) >= 11 is 0. The van der Waals surface area contributed by atoms with Crippen molar-refractivity contribution in [2.45, 2.75) is 39.3 Å². The minimum absolute atomic E-state index is 0.0654. The maximum Gasteiger partial charge on any atom is 0.257 e. The van der Waals surface area contributed by atoms with Gasteiger partial charge in [-0.25, -0.2) is 13.8 Å². The predicted molar refractivity (Wildman–Crippen MR) is 104 cm³/mol. The zero-order chi connectivity index (χ0) is 20.3. The quantitative estimate of drug-likeness (QED) is 0.839. The van der Waals surface area contributed by atoms with Crippen LogP contribution in [0.25, 0.3) is 0 Å². The van der Waals surface area contributed by atoms with Crippen molar-refractivity contribution in [2.75, 3.05) is 6.61 Å². The van der Waals surface area contributed by atoms with Crippen LogP contribution < -0.4 is 5.32 Å². The van der Waals surface area contributed by atoms with Gasteiger partial charge in [-0.05, 0) is 29.5 Å². The van der Waals surface area contributed by atoms with Crippen molar-refractivity contribution >= 4 is 11.8 Å². The molecule has 1 aliphatic heterocycles. The number of nitrogens with zero attached hydrogens (tertiary/aromatic N) is 1. The topological polar surface area (TPSA) is 50.7 Å². The smallest absolute Gasteiger partial charge is 0.257 e. The molecule has 0 saturated heterocycles. The van der Waals surface area contributed by atoms with E-state index in [0.29, 0.717) is 12.5 Å². The molecule has 1 unspecified atom stereocenters. The molecule has 1 heterocycles. The van der Waals surface area contributed by atoms with E-state index < -0.39 is 34.6 Å². The zero-order valence-corrected chi connectivity index (χ0v) is 16.2. The molecule has 4 nitrogen and oxygen atoms in total. The molecule has 0 fully saturated rings. The van der Waals surface area contributed by atoms with Gasteiger partial charge >= 0.3 is 0 Å². The molecular weight excluding hydrogens is 362 g/mol. The average Bonchev–Trinajstić information content (AvgIpc) is 3.07. The van der Waals surface area contributed by atoms with E-state index in [4.69, 9.17) is 4.74 Å². The van der Waals surface area contributed by atoms with Gasteiger partial charge in [-0.3, -0.25) is 4.79 Å². The summed E-state index contributed by atoms with van der Waals surface area (Å²) in [5.41, 5.74) is 0.0831. The van der Waals surface area contributed by atoms with Crippen molar-refractivity contribution in [2.24, 2.45) is 10.4 Å². The summed E-state index contributed by atoms with van der Waals surface area (Å²) in [4.78, 5) is 17.2. The lowest BCUT2D eigenvalue weighted by atomic mass is 9.86. The molecule has 0 bridgehead atoms. The first-order chi connectivity index (χ1) is 13.3. The first kappa shape index (κ1) is 20.0. The van der Waals surface area contributed by atoms with E-state index in [1.54, 1.807) is 0 Å². The van der Waals surface area contributed by atoms with Crippen molar-refractivity contribution < 1.29 is 18.3 Å². The standard InChI is InChI=1S/C22H24F2N2O2/c1-22(2,3)19(26-20(27)18-16(23)10-7-11-17(18)24)21-25-15(13-28-21)12-14-8-5-4-6-9-14/h4-11,15,19H,12-13H2,1-3H3,(H,26,27)/t15?,19-/m1/s1. The first-order valence-electron chi connectivity index (χ1n) is 9.25. The summed E-state index contributed by atoms with van der Waals surface area (Å²) in [5.74, 6) is -2.24. The van der Waals surface area contributed by atoms with Crippen LogP contribution in [0.1, 0.15) is 36.7 Å². The molecule has 2 aromatic carbocycles. The van der Waals surface area contributed by atoms with Gasteiger partial charge in [0.25, 0.3) is 5.91 Å². The average molecular weight is 386 g/mol. The third kappa shape index (κ3) is 4.55. The van der Waals surface area contributed by atoms with E-state index in [1.165, 1.54) is 6.07 Å². The normalized spacial score (nSPS) is 17.6. The van der Waals surface area contributed by atoms with E-state index in [-0.39, 0.29) is 6.04 Å². The maximum absolute atomic E-state index is 14.0. The van der Waals surface area contributed by atoms with Gasteiger partial charge in [-0.2, -0.15) is 0 Å². The van der Waals surface area contributed by atoms with Crippen molar-refractivity contribution in [1.29, 1.82) is 0 Å². The molecule has 0 aromatic heterocycles. The molecule has 0 radical (unpaired) electrons. The van der Waals surface area contributed by atoms with Crippen LogP contribution in [0.2, 0.25) is 0 Å². The Kier molecular flexibility index (Phi) is 5.77. The van der Waals surface area contributed by atoms with Crippen LogP contribution in [-0.2, 0) is 11.2 Å². The Morgan fingerprint density at radius 1 is 1.14 bits per heavy atom. The number of amides is 1. The molecule has 2 aromatic rings. The van der Waals surface area contributed by atoms with Crippen LogP contribution >= 0.6 is 0 Å². The molecule has 0 aliphatic carbocycles. The lowest BCUT2D eigenvalue weighted by molar-refractivity contribution is 0.0908. The van der Waals surface area contributed by atoms with Crippen molar-refractivity contribution in [3.8, 4) is 0 Å². The van der Waals surface area contributed by atoms with Gasteiger partial charge in [0.15, 0.2) is 0 Å². The number of ether oxygens (including phenoxy) is 1. The zero-order valence-electron chi connectivity index (χ0n) is 16.2. The Hall–Kier alpha value is -2.76. The molecule has 1 N–H and O–H groups in total. The van der Waals surface area contributed by atoms with Gasteiger partial charge in [0, 0.05) is 0 Å². The van der Waals surface area contributed by atoms with Gasteiger partial charge in [0.05, 0.1) is 6.04 Å². The van der Waals surface area contributed by atoms with Gasteiger partial charge in [0.1, 0.15) is 29.8 Å². The van der Waals surface area contributed by atoms with E-state index in [1.807, 2.05) is 51.1 Å². The summed E-state index contributed by atoms with van der Waals surface area (Å²) in [6.45, 7) is 6.13. The summed E-state index contributed by atoms with van der Waals surface area (Å²) in [7, 11) is 0. The molecule has 28 heavy (non-hydrogen) atoms. The largest absolute Gasteiger partial charge is 0.477 e. The van der Waals surface area contributed by atoms with E-state index >= 15 is 0 Å². The Bertz CT molecular complexity index is 856. The number of nitrogens with one attached hydrogen (secondary N) is 1. The number of hydrogen-bond donors (Lipinski definition) is 1. The number of aliphatic imine (C=N–C) groups is 1. The number of benzene rings is 2. The van der Waals surface area contributed by atoms with E-state index in [2.05, 4.69) is 10.3 Å². The third-order valence-corrected chi connectivity index (χ3v) is 4.63. The lowest BCUT2D eigenvalue weighted by Gasteiger charge is -2.30. The third-order valence-electron chi connectivity index (χ3n) is 4.63. The number of halogens is 2. The Balaban J connectivity index is 1.79. The summed E-state index contributed by atoms with van der Waals surface area (Å²) in [6, 6.07) is 12.6. The summed E-state index contributed by atoms with van der Waals surface area (Å²) in [5, 5.41) is 2.71. The summed E-state index contributed by atoms with van der Waals surface area (Å²) in [6.07, 6.45) is 0.719. The first-order valence-corrected chi connectivity index (χ1v) is 9.25.